The zero-order valence-electron chi connectivity index (χ0n) is 12.5. The smallest absolute Gasteiger partial charge is 0.220 e. The normalized spacial score (nSPS) is 15.2. The topological polar surface area (TPSA) is 41.1 Å². The van der Waals surface area contributed by atoms with E-state index in [1.54, 1.807) is 0 Å². The van der Waals surface area contributed by atoms with Crippen LogP contribution in [0.3, 0.4) is 0 Å². The molecule has 0 radical (unpaired) electrons. The van der Waals surface area contributed by atoms with Crippen molar-refractivity contribution in [1.82, 2.24) is 10.6 Å². The highest BCUT2D eigenvalue weighted by molar-refractivity contribution is 5.85. The number of hydrogen-bond donors (Lipinski definition) is 2. The largest absolute Gasteiger partial charge is 0.356 e. The first-order chi connectivity index (χ1) is 10.1. The predicted molar refractivity (Wildman–Crippen MR) is 85.1 cm³/mol. The van der Waals surface area contributed by atoms with Gasteiger partial charge in [0.15, 0.2) is 0 Å². The van der Waals surface area contributed by atoms with Crippen LogP contribution in [-0.2, 0) is 11.2 Å². The van der Waals surface area contributed by atoms with Crippen molar-refractivity contribution >= 4 is 18.3 Å². The van der Waals surface area contributed by atoms with Crippen LogP contribution in [0.5, 0.6) is 0 Å². The number of amides is 1. The van der Waals surface area contributed by atoms with E-state index < -0.39 is 11.6 Å². The van der Waals surface area contributed by atoms with Crippen molar-refractivity contribution in [3.05, 3.63) is 35.4 Å². The molecular formula is C16H23ClF2N2O. The Morgan fingerprint density at radius 2 is 2.00 bits per heavy atom. The highest BCUT2D eigenvalue weighted by atomic mass is 35.5. The van der Waals surface area contributed by atoms with Crippen LogP contribution >= 0.6 is 12.4 Å². The van der Waals surface area contributed by atoms with Gasteiger partial charge < -0.3 is 10.6 Å². The molecule has 1 aliphatic heterocycles. The van der Waals surface area contributed by atoms with Gasteiger partial charge in [0.1, 0.15) is 11.6 Å². The summed E-state index contributed by atoms with van der Waals surface area (Å²) in [6.07, 6.45) is 3.98. The minimum absolute atomic E-state index is 0. The average molecular weight is 333 g/mol. The van der Waals surface area contributed by atoms with E-state index in [2.05, 4.69) is 10.6 Å². The summed E-state index contributed by atoms with van der Waals surface area (Å²) >= 11 is 0. The lowest BCUT2D eigenvalue weighted by Gasteiger charge is -2.22. The van der Waals surface area contributed by atoms with Gasteiger partial charge in [0.25, 0.3) is 0 Å². The third-order valence-electron chi connectivity index (χ3n) is 3.96. The van der Waals surface area contributed by atoms with E-state index >= 15 is 0 Å². The summed E-state index contributed by atoms with van der Waals surface area (Å²) in [7, 11) is 0. The zero-order chi connectivity index (χ0) is 15.1. The molecule has 1 aromatic rings. The highest BCUT2D eigenvalue weighted by Crippen LogP contribution is 2.17. The molecule has 1 fully saturated rings. The molecule has 3 nitrogen and oxygen atoms in total. The maximum Gasteiger partial charge on any atom is 0.220 e. The maximum absolute atomic E-state index is 13.4. The van der Waals surface area contributed by atoms with E-state index in [0.29, 0.717) is 30.9 Å². The first kappa shape index (κ1) is 18.8. The minimum atomic E-state index is -0.455. The molecular weight excluding hydrogens is 310 g/mol. The van der Waals surface area contributed by atoms with Crippen LogP contribution in [0.2, 0.25) is 0 Å². The molecule has 1 aliphatic rings. The molecule has 22 heavy (non-hydrogen) atoms. The van der Waals surface area contributed by atoms with Gasteiger partial charge in [-0.2, -0.15) is 0 Å². The third kappa shape index (κ3) is 6.28. The molecule has 0 unspecified atom stereocenters. The molecule has 1 heterocycles. The van der Waals surface area contributed by atoms with Crippen LogP contribution in [0, 0.1) is 17.6 Å². The van der Waals surface area contributed by atoms with E-state index in [0.717, 1.165) is 44.5 Å². The summed E-state index contributed by atoms with van der Waals surface area (Å²) < 4.78 is 26.4. The lowest BCUT2D eigenvalue weighted by molar-refractivity contribution is -0.121. The van der Waals surface area contributed by atoms with Crippen molar-refractivity contribution in [1.29, 1.82) is 0 Å². The van der Waals surface area contributed by atoms with Crippen LogP contribution in [0.15, 0.2) is 18.2 Å². The Balaban J connectivity index is 0.00000242. The van der Waals surface area contributed by atoms with Gasteiger partial charge in [-0.15, -0.1) is 12.4 Å². The molecule has 1 aromatic carbocycles. The van der Waals surface area contributed by atoms with Gasteiger partial charge >= 0.3 is 0 Å². The number of piperidine rings is 1. The van der Waals surface area contributed by atoms with Crippen molar-refractivity contribution in [2.24, 2.45) is 5.92 Å². The fourth-order valence-corrected chi connectivity index (χ4v) is 2.67. The van der Waals surface area contributed by atoms with E-state index in [1.807, 2.05) is 0 Å². The Morgan fingerprint density at radius 1 is 1.27 bits per heavy atom. The number of benzene rings is 1. The quantitative estimate of drug-likeness (QED) is 0.841. The second-order valence-corrected chi connectivity index (χ2v) is 5.57. The maximum atomic E-state index is 13.4. The fraction of sp³-hybridized carbons (Fsp3) is 0.562. The van der Waals surface area contributed by atoms with Gasteiger partial charge in [0.2, 0.25) is 5.91 Å². The Hall–Kier alpha value is -1.20. The molecule has 0 bridgehead atoms. The molecule has 0 atom stereocenters. The molecule has 1 amide bonds. The summed E-state index contributed by atoms with van der Waals surface area (Å²) in [6, 6.07) is 3.39. The number of carbonyl (C=O) groups excluding carboxylic acids is 1. The second kappa shape index (κ2) is 9.74. The van der Waals surface area contributed by atoms with Crippen LogP contribution < -0.4 is 10.6 Å². The minimum Gasteiger partial charge on any atom is -0.356 e. The zero-order valence-corrected chi connectivity index (χ0v) is 13.4. The number of hydrogen-bond acceptors (Lipinski definition) is 2. The Bertz CT molecular complexity index is 479. The van der Waals surface area contributed by atoms with Crippen LogP contribution in [0.25, 0.3) is 0 Å². The molecule has 0 aromatic heterocycles. The molecule has 2 rings (SSSR count). The van der Waals surface area contributed by atoms with Gasteiger partial charge in [-0.05, 0) is 68.5 Å². The summed E-state index contributed by atoms with van der Waals surface area (Å²) in [4.78, 5) is 11.7. The van der Waals surface area contributed by atoms with Gasteiger partial charge in [0, 0.05) is 13.0 Å². The number of carbonyl (C=O) groups is 1. The summed E-state index contributed by atoms with van der Waals surface area (Å²) in [5, 5.41) is 6.07. The van der Waals surface area contributed by atoms with Gasteiger partial charge in [-0.25, -0.2) is 8.78 Å². The predicted octanol–water partition coefficient (Wildman–Crippen LogP) is 2.83. The monoisotopic (exact) mass is 332 g/mol. The Kier molecular flexibility index (Phi) is 8.35. The third-order valence-corrected chi connectivity index (χ3v) is 3.96. The molecule has 2 N–H and O–H groups in total. The highest BCUT2D eigenvalue weighted by Gasteiger charge is 2.14. The Labute approximate surface area is 136 Å². The Morgan fingerprint density at radius 3 is 2.73 bits per heavy atom. The van der Waals surface area contributed by atoms with E-state index in [1.165, 1.54) is 6.07 Å². The number of halogens is 3. The van der Waals surface area contributed by atoms with Crippen molar-refractivity contribution in [3.63, 3.8) is 0 Å². The van der Waals surface area contributed by atoms with E-state index in [9.17, 15) is 13.6 Å². The lowest BCUT2D eigenvalue weighted by Crippen LogP contribution is -2.30. The standard InChI is InChI=1S/C16H22F2N2O.ClH/c17-14-2-3-15(18)13(11-14)7-10-20-16(21)4-1-12-5-8-19-9-6-12;/h2-3,11-12,19H,1,4-10H2,(H,20,21);1H. The van der Waals surface area contributed by atoms with Gasteiger partial charge in [-0.3, -0.25) is 4.79 Å². The van der Waals surface area contributed by atoms with Crippen molar-refractivity contribution < 1.29 is 13.6 Å². The lowest BCUT2D eigenvalue weighted by atomic mass is 9.93. The van der Waals surface area contributed by atoms with Gasteiger partial charge in [0.05, 0.1) is 0 Å². The van der Waals surface area contributed by atoms with Gasteiger partial charge in [-0.1, -0.05) is 0 Å². The first-order valence-electron chi connectivity index (χ1n) is 7.56. The number of rotatable bonds is 6. The molecule has 6 heteroatoms. The molecule has 0 spiro atoms. The van der Waals surface area contributed by atoms with E-state index in [4.69, 9.17) is 0 Å². The van der Waals surface area contributed by atoms with Crippen LogP contribution in [0.4, 0.5) is 8.78 Å². The SMILES string of the molecule is Cl.O=C(CCC1CCNCC1)NCCc1cc(F)ccc1F. The van der Waals surface area contributed by atoms with Crippen molar-refractivity contribution in [2.75, 3.05) is 19.6 Å². The fourth-order valence-electron chi connectivity index (χ4n) is 2.67. The molecule has 0 saturated carbocycles. The summed E-state index contributed by atoms with van der Waals surface area (Å²) in [6.45, 7) is 2.40. The average Bonchev–Trinajstić information content (AvgIpc) is 2.50. The molecule has 1 saturated heterocycles. The summed E-state index contributed by atoms with van der Waals surface area (Å²) in [5.74, 6) is -0.271. The van der Waals surface area contributed by atoms with Crippen molar-refractivity contribution in [2.45, 2.75) is 32.1 Å². The first-order valence-corrected chi connectivity index (χ1v) is 7.56. The molecule has 0 aliphatic carbocycles. The van der Waals surface area contributed by atoms with Crippen LogP contribution in [0.1, 0.15) is 31.2 Å². The van der Waals surface area contributed by atoms with Crippen molar-refractivity contribution in [3.8, 4) is 0 Å². The summed E-state index contributed by atoms with van der Waals surface area (Å²) in [5.41, 5.74) is 0.300. The second-order valence-electron chi connectivity index (χ2n) is 5.57. The molecule has 124 valence electrons. The van der Waals surface area contributed by atoms with Crippen LogP contribution in [-0.4, -0.2) is 25.5 Å². The number of nitrogens with one attached hydrogen (secondary N) is 2. The van der Waals surface area contributed by atoms with E-state index in [-0.39, 0.29) is 18.3 Å².